The molecule has 0 bridgehead atoms. The molecule has 21 heavy (non-hydrogen) atoms. The number of rotatable bonds is 5. The SMILES string of the molecule is Cc1nn(C)c(C)c1/C=C/C(=O)NCCc1ccccn1. The first-order chi connectivity index (χ1) is 10.1. The number of aromatic nitrogens is 3. The van der Waals surface area contributed by atoms with Crippen LogP contribution in [0, 0.1) is 13.8 Å². The summed E-state index contributed by atoms with van der Waals surface area (Å²) in [6, 6.07) is 5.77. The highest BCUT2D eigenvalue weighted by Gasteiger charge is 2.06. The van der Waals surface area contributed by atoms with Crippen LogP contribution in [0.3, 0.4) is 0 Å². The number of carbonyl (C=O) groups is 1. The van der Waals surface area contributed by atoms with E-state index in [1.54, 1.807) is 12.3 Å². The molecule has 2 aromatic rings. The normalized spacial score (nSPS) is 11.0. The second-order valence-corrected chi connectivity index (χ2v) is 4.90. The van der Waals surface area contributed by atoms with E-state index in [1.807, 2.05) is 49.9 Å². The van der Waals surface area contributed by atoms with Gasteiger partial charge in [-0.05, 0) is 32.1 Å². The Morgan fingerprint density at radius 3 is 2.81 bits per heavy atom. The molecule has 2 aromatic heterocycles. The Morgan fingerprint density at radius 1 is 1.38 bits per heavy atom. The van der Waals surface area contributed by atoms with Crippen LogP contribution in [0.1, 0.15) is 22.6 Å². The zero-order chi connectivity index (χ0) is 15.2. The molecule has 0 aliphatic heterocycles. The van der Waals surface area contributed by atoms with Crippen LogP contribution in [0.25, 0.3) is 6.08 Å². The first-order valence-electron chi connectivity index (χ1n) is 6.94. The highest BCUT2D eigenvalue weighted by Crippen LogP contribution is 2.13. The maximum atomic E-state index is 11.8. The second kappa shape index (κ2) is 6.83. The Labute approximate surface area is 124 Å². The van der Waals surface area contributed by atoms with Crippen molar-refractivity contribution < 1.29 is 4.79 Å². The molecule has 0 saturated heterocycles. The van der Waals surface area contributed by atoms with Crippen LogP contribution in [0.4, 0.5) is 0 Å². The molecule has 2 heterocycles. The van der Waals surface area contributed by atoms with Gasteiger partial charge in [-0.3, -0.25) is 14.5 Å². The van der Waals surface area contributed by atoms with Crippen molar-refractivity contribution in [1.82, 2.24) is 20.1 Å². The molecule has 0 unspecified atom stereocenters. The van der Waals surface area contributed by atoms with E-state index >= 15 is 0 Å². The van der Waals surface area contributed by atoms with Gasteiger partial charge in [0.05, 0.1) is 5.69 Å². The second-order valence-electron chi connectivity index (χ2n) is 4.90. The Kier molecular flexibility index (Phi) is 4.87. The molecule has 0 fully saturated rings. The number of pyridine rings is 1. The lowest BCUT2D eigenvalue weighted by Crippen LogP contribution is -2.23. The summed E-state index contributed by atoms with van der Waals surface area (Å²) in [6.07, 6.45) is 5.85. The lowest BCUT2D eigenvalue weighted by Gasteiger charge is -2.01. The predicted molar refractivity (Wildman–Crippen MR) is 82.7 cm³/mol. The van der Waals surface area contributed by atoms with Crippen molar-refractivity contribution >= 4 is 12.0 Å². The quantitative estimate of drug-likeness (QED) is 0.852. The van der Waals surface area contributed by atoms with Gasteiger partial charge in [-0.15, -0.1) is 0 Å². The van der Waals surface area contributed by atoms with Crippen molar-refractivity contribution in [2.75, 3.05) is 6.54 Å². The third-order valence-corrected chi connectivity index (χ3v) is 3.37. The van der Waals surface area contributed by atoms with Gasteiger partial charge in [-0.2, -0.15) is 5.10 Å². The van der Waals surface area contributed by atoms with E-state index in [-0.39, 0.29) is 5.91 Å². The highest BCUT2D eigenvalue weighted by molar-refractivity contribution is 5.91. The summed E-state index contributed by atoms with van der Waals surface area (Å²) in [4.78, 5) is 16.0. The minimum atomic E-state index is -0.103. The predicted octanol–water partition coefficient (Wildman–Crippen LogP) is 1.80. The molecule has 0 atom stereocenters. The van der Waals surface area contributed by atoms with Crippen LogP contribution in [-0.2, 0) is 18.3 Å². The number of amides is 1. The van der Waals surface area contributed by atoms with Gasteiger partial charge in [0.2, 0.25) is 5.91 Å². The molecule has 5 heteroatoms. The maximum absolute atomic E-state index is 11.8. The van der Waals surface area contributed by atoms with E-state index in [9.17, 15) is 4.79 Å². The number of hydrogen-bond donors (Lipinski definition) is 1. The van der Waals surface area contributed by atoms with E-state index in [4.69, 9.17) is 0 Å². The molecule has 0 radical (unpaired) electrons. The summed E-state index contributed by atoms with van der Waals surface area (Å²) in [6.45, 7) is 4.50. The third kappa shape index (κ3) is 4.02. The summed E-state index contributed by atoms with van der Waals surface area (Å²) in [7, 11) is 1.90. The van der Waals surface area contributed by atoms with Gasteiger partial charge in [0.1, 0.15) is 0 Å². The number of aryl methyl sites for hydroxylation is 2. The zero-order valence-electron chi connectivity index (χ0n) is 12.6. The molecule has 0 aliphatic rings. The molecule has 2 rings (SSSR count). The minimum absolute atomic E-state index is 0.103. The number of hydrogen-bond acceptors (Lipinski definition) is 3. The van der Waals surface area contributed by atoms with Crippen molar-refractivity contribution in [2.45, 2.75) is 20.3 Å². The molecule has 5 nitrogen and oxygen atoms in total. The summed E-state index contributed by atoms with van der Waals surface area (Å²) < 4.78 is 1.81. The Hall–Kier alpha value is -2.43. The molecular formula is C16H20N4O. The van der Waals surface area contributed by atoms with E-state index in [0.717, 1.165) is 29.1 Å². The van der Waals surface area contributed by atoms with Crippen molar-refractivity contribution in [2.24, 2.45) is 7.05 Å². The van der Waals surface area contributed by atoms with Crippen LogP contribution >= 0.6 is 0 Å². The lowest BCUT2D eigenvalue weighted by atomic mass is 10.2. The van der Waals surface area contributed by atoms with Crippen LogP contribution < -0.4 is 5.32 Å². The topological polar surface area (TPSA) is 59.8 Å². The Morgan fingerprint density at radius 2 is 2.19 bits per heavy atom. The van der Waals surface area contributed by atoms with Crippen molar-refractivity contribution in [3.8, 4) is 0 Å². The molecule has 110 valence electrons. The molecule has 0 aliphatic carbocycles. The van der Waals surface area contributed by atoms with E-state index in [1.165, 1.54) is 0 Å². The zero-order valence-corrected chi connectivity index (χ0v) is 12.6. The van der Waals surface area contributed by atoms with Gasteiger partial charge in [0, 0.05) is 49.2 Å². The average Bonchev–Trinajstić information content (AvgIpc) is 2.71. The maximum Gasteiger partial charge on any atom is 0.244 e. The molecule has 0 saturated carbocycles. The first kappa shape index (κ1) is 15.0. The number of nitrogens with one attached hydrogen (secondary N) is 1. The fraction of sp³-hybridized carbons (Fsp3) is 0.312. The average molecular weight is 284 g/mol. The molecule has 0 spiro atoms. The van der Waals surface area contributed by atoms with Gasteiger partial charge in [-0.25, -0.2) is 0 Å². The van der Waals surface area contributed by atoms with Crippen molar-refractivity contribution in [3.05, 3.63) is 53.1 Å². The van der Waals surface area contributed by atoms with Gasteiger partial charge in [-0.1, -0.05) is 6.07 Å². The van der Waals surface area contributed by atoms with Crippen LogP contribution in [0.5, 0.6) is 0 Å². The van der Waals surface area contributed by atoms with E-state index in [0.29, 0.717) is 6.54 Å². The van der Waals surface area contributed by atoms with Crippen LogP contribution in [0.2, 0.25) is 0 Å². The van der Waals surface area contributed by atoms with Gasteiger partial charge in [0.25, 0.3) is 0 Å². The Balaban J connectivity index is 1.86. The van der Waals surface area contributed by atoms with E-state index in [2.05, 4.69) is 15.4 Å². The van der Waals surface area contributed by atoms with E-state index < -0.39 is 0 Å². The summed E-state index contributed by atoms with van der Waals surface area (Å²) in [5.74, 6) is -0.103. The highest BCUT2D eigenvalue weighted by atomic mass is 16.1. The summed E-state index contributed by atoms with van der Waals surface area (Å²) in [5, 5.41) is 7.17. The summed E-state index contributed by atoms with van der Waals surface area (Å²) >= 11 is 0. The van der Waals surface area contributed by atoms with Crippen LogP contribution in [-0.4, -0.2) is 27.2 Å². The van der Waals surface area contributed by atoms with Gasteiger partial charge >= 0.3 is 0 Å². The molecular weight excluding hydrogens is 264 g/mol. The number of nitrogens with zero attached hydrogens (tertiary/aromatic N) is 3. The smallest absolute Gasteiger partial charge is 0.244 e. The third-order valence-electron chi connectivity index (χ3n) is 3.37. The fourth-order valence-electron chi connectivity index (χ4n) is 2.11. The van der Waals surface area contributed by atoms with Gasteiger partial charge < -0.3 is 5.32 Å². The standard InChI is InChI=1S/C16H20N4O/c1-12-15(13(2)20(3)19-12)7-8-16(21)18-11-9-14-6-4-5-10-17-14/h4-8,10H,9,11H2,1-3H3,(H,18,21)/b8-7+. The van der Waals surface area contributed by atoms with Crippen molar-refractivity contribution in [3.63, 3.8) is 0 Å². The minimum Gasteiger partial charge on any atom is -0.352 e. The molecule has 1 amide bonds. The lowest BCUT2D eigenvalue weighted by molar-refractivity contribution is -0.116. The van der Waals surface area contributed by atoms with Crippen LogP contribution in [0.15, 0.2) is 30.5 Å². The Bertz CT molecular complexity index is 644. The monoisotopic (exact) mass is 284 g/mol. The fourth-order valence-corrected chi connectivity index (χ4v) is 2.11. The largest absolute Gasteiger partial charge is 0.352 e. The molecule has 0 aromatic carbocycles. The summed E-state index contributed by atoms with van der Waals surface area (Å²) in [5.41, 5.74) is 3.94. The van der Waals surface area contributed by atoms with Crippen molar-refractivity contribution in [1.29, 1.82) is 0 Å². The number of carbonyl (C=O) groups excluding carboxylic acids is 1. The van der Waals surface area contributed by atoms with Gasteiger partial charge in [0.15, 0.2) is 0 Å². The molecule has 1 N–H and O–H groups in total. The first-order valence-corrected chi connectivity index (χ1v) is 6.94.